The Labute approximate surface area is 116 Å². The molecule has 0 saturated heterocycles. The summed E-state index contributed by atoms with van der Waals surface area (Å²) in [5.41, 5.74) is -0.880. The van der Waals surface area contributed by atoms with Crippen molar-refractivity contribution in [3.8, 4) is 0 Å². The van der Waals surface area contributed by atoms with Crippen LogP contribution in [-0.2, 0) is 15.7 Å². The Morgan fingerprint density at radius 3 is 2.58 bits per heavy atom. The number of carbonyl (C=O) groups is 1. The molecule has 1 aromatic rings. The second-order valence-corrected chi connectivity index (χ2v) is 4.71. The highest BCUT2D eigenvalue weighted by atomic mass is 79.9. The summed E-state index contributed by atoms with van der Waals surface area (Å²) < 4.78 is 42.6. The zero-order valence-electron chi connectivity index (χ0n) is 10.00. The van der Waals surface area contributed by atoms with Gasteiger partial charge in [0.2, 0.25) is 0 Å². The van der Waals surface area contributed by atoms with Gasteiger partial charge in [-0.2, -0.15) is 13.2 Å². The SMILES string of the molecule is CCOC(=O)CC(O)c1cc(Br)cc(C(F)(F)F)c1. The average molecular weight is 341 g/mol. The van der Waals surface area contributed by atoms with E-state index in [1.807, 2.05) is 0 Å². The van der Waals surface area contributed by atoms with E-state index in [1.165, 1.54) is 6.07 Å². The number of alkyl halides is 3. The van der Waals surface area contributed by atoms with Crippen LogP contribution in [0, 0.1) is 0 Å². The third-order valence-corrected chi connectivity index (χ3v) is 2.76. The fourth-order valence-electron chi connectivity index (χ4n) is 1.46. The van der Waals surface area contributed by atoms with Crippen molar-refractivity contribution in [1.82, 2.24) is 0 Å². The van der Waals surface area contributed by atoms with Gasteiger partial charge in [-0.1, -0.05) is 15.9 Å². The van der Waals surface area contributed by atoms with Crippen molar-refractivity contribution >= 4 is 21.9 Å². The third-order valence-electron chi connectivity index (χ3n) is 2.30. The molecule has 7 heteroatoms. The highest BCUT2D eigenvalue weighted by Crippen LogP contribution is 2.33. The van der Waals surface area contributed by atoms with Crippen molar-refractivity contribution in [3.05, 3.63) is 33.8 Å². The standard InChI is InChI=1S/C12H12BrF3O3/c1-2-19-11(18)6-10(17)7-3-8(12(14,15)16)5-9(13)4-7/h3-5,10,17H,2,6H2,1H3. The summed E-state index contributed by atoms with van der Waals surface area (Å²) in [5, 5.41) is 9.74. The molecule has 0 aliphatic carbocycles. The Balaban J connectivity index is 2.94. The Morgan fingerprint density at radius 1 is 1.42 bits per heavy atom. The molecule has 1 atom stereocenters. The summed E-state index contributed by atoms with van der Waals surface area (Å²) in [6.45, 7) is 1.75. The number of halogens is 4. The number of hydrogen-bond donors (Lipinski definition) is 1. The van der Waals surface area contributed by atoms with Crippen LogP contribution < -0.4 is 0 Å². The Morgan fingerprint density at radius 2 is 2.05 bits per heavy atom. The van der Waals surface area contributed by atoms with Gasteiger partial charge in [-0.15, -0.1) is 0 Å². The highest BCUT2D eigenvalue weighted by Gasteiger charge is 2.31. The lowest BCUT2D eigenvalue weighted by Crippen LogP contribution is -2.12. The van der Waals surface area contributed by atoms with E-state index in [-0.39, 0.29) is 23.1 Å². The van der Waals surface area contributed by atoms with Crippen LogP contribution in [0.25, 0.3) is 0 Å². The molecule has 0 spiro atoms. The highest BCUT2D eigenvalue weighted by molar-refractivity contribution is 9.10. The Kier molecular flexibility index (Phi) is 5.37. The van der Waals surface area contributed by atoms with Gasteiger partial charge in [-0.05, 0) is 30.7 Å². The Bertz CT molecular complexity index is 460. The van der Waals surface area contributed by atoms with E-state index < -0.39 is 23.8 Å². The normalized spacial score (nSPS) is 13.2. The molecule has 0 aliphatic rings. The summed E-state index contributed by atoms with van der Waals surface area (Å²) >= 11 is 2.94. The van der Waals surface area contributed by atoms with Gasteiger partial charge < -0.3 is 9.84 Å². The van der Waals surface area contributed by atoms with Gasteiger partial charge in [0.25, 0.3) is 0 Å². The second-order valence-electron chi connectivity index (χ2n) is 3.80. The molecule has 0 fully saturated rings. The molecule has 1 aromatic carbocycles. The quantitative estimate of drug-likeness (QED) is 0.854. The van der Waals surface area contributed by atoms with Gasteiger partial charge in [0.15, 0.2) is 0 Å². The molecular formula is C12H12BrF3O3. The zero-order chi connectivity index (χ0) is 14.6. The summed E-state index contributed by atoms with van der Waals surface area (Å²) in [7, 11) is 0. The molecule has 0 amide bonds. The fraction of sp³-hybridized carbons (Fsp3) is 0.417. The Hall–Kier alpha value is -1.08. The van der Waals surface area contributed by atoms with Gasteiger partial charge in [-0.25, -0.2) is 0 Å². The topological polar surface area (TPSA) is 46.5 Å². The lowest BCUT2D eigenvalue weighted by Gasteiger charge is -2.14. The molecule has 0 heterocycles. The van der Waals surface area contributed by atoms with Crippen LogP contribution in [-0.4, -0.2) is 17.7 Å². The van der Waals surface area contributed by atoms with E-state index in [1.54, 1.807) is 6.92 Å². The number of esters is 1. The molecule has 106 valence electrons. The summed E-state index contributed by atoms with van der Waals surface area (Å²) in [6.07, 6.45) is -6.23. The lowest BCUT2D eigenvalue weighted by molar-refractivity contribution is -0.145. The molecule has 1 rings (SSSR count). The lowest BCUT2D eigenvalue weighted by atomic mass is 10.0. The molecule has 0 aliphatic heterocycles. The van der Waals surface area contributed by atoms with E-state index in [4.69, 9.17) is 0 Å². The minimum atomic E-state index is -4.51. The third kappa shape index (κ3) is 4.83. The summed E-state index contributed by atoms with van der Waals surface area (Å²) in [6, 6.07) is 3.05. The maximum Gasteiger partial charge on any atom is 0.416 e. The van der Waals surface area contributed by atoms with Crippen LogP contribution in [0.4, 0.5) is 13.2 Å². The molecule has 0 saturated carbocycles. The van der Waals surface area contributed by atoms with Crippen molar-refractivity contribution in [2.45, 2.75) is 25.6 Å². The maximum atomic E-state index is 12.6. The summed E-state index contributed by atoms with van der Waals surface area (Å²) in [4.78, 5) is 11.2. The first kappa shape index (κ1) is 16.0. The molecule has 3 nitrogen and oxygen atoms in total. The molecular weight excluding hydrogens is 329 g/mol. The summed E-state index contributed by atoms with van der Waals surface area (Å²) in [5.74, 6) is -0.663. The van der Waals surface area contributed by atoms with E-state index in [9.17, 15) is 23.1 Å². The predicted octanol–water partition coefficient (Wildman–Crippen LogP) is 3.45. The second kappa shape index (κ2) is 6.38. The molecule has 19 heavy (non-hydrogen) atoms. The number of hydrogen-bond acceptors (Lipinski definition) is 3. The monoisotopic (exact) mass is 340 g/mol. The first-order valence-electron chi connectivity index (χ1n) is 5.45. The molecule has 1 N–H and O–H groups in total. The van der Waals surface area contributed by atoms with E-state index in [0.29, 0.717) is 0 Å². The van der Waals surface area contributed by atoms with E-state index in [2.05, 4.69) is 20.7 Å². The van der Waals surface area contributed by atoms with Crippen LogP contribution in [0.2, 0.25) is 0 Å². The average Bonchev–Trinajstić information content (AvgIpc) is 2.27. The van der Waals surface area contributed by atoms with Crippen molar-refractivity contribution in [3.63, 3.8) is 0 Å². The van der Waals surface area contributed by atoms with Gasteiger partial charge >= 0.3 is 12.1 Å². The van der Waals surface area contributed by atoms with E-state index >= 15 is 0 Å². The maximum absolute atomic E-state index is 12.6. The fourth-order valence-corrected chi connectivity index (χ4v) is 1.97. The van der Waals surface area contributed by atoms with Crippen LogP contribution in [0.1, 0.15) is 30.6 Å². The van der Waals surface area contributed by atoms with Crippen molar-refractivity contribution in [2.24, 2.45) is 0 Å². The minimum absolute atomic E-state index is 0.00903. The molecule has 0 radical (unpaired) electrons. The molecule has 1 unspecified atom stereocenters. The smallest absolute Gasteiger partial charge is 0.416 e. The van der Waals surface area contributed by atoms with Crippen LogP contribution in [0.5, 0.6) is 0 Å². The largest absolute Gasteiger partial charge is 0.466 e. The minimum Gasteiger partial charge on any atom is -0.466 e. The van der Waals surface area contributed by atoms with Gasteiger partial charge in [0.1, 0.15) is 0 Å². The first-order valence-corrected chi connectivity index (χ1v) is 6.24. The van der Waals surface area contributed by atoms with Crippen molar-refractivity contribution < 1.29 is 27.8 Å². The van der Waals surface area contributed by atoms with Gasteiger partial charge in [-0.3, -0.25) is 4.79 Å². The number of aliphatic hydroxyl groups is 1. The molecule has 0 bridgehead atoms. The van der Waals surface area contributed by atoms with E-state index in [0.717, 1.165) is 12.1 Å². The first-order chi connectivity index (χ1) is 8.74. The number of rotatable bonds is 4. The van der Waals surface area contributed by atoms with Crippen LogP contribution in [0.15, 0.2) is 22.7 Å². The van der Waals surface area contributed by atoms with Crippen molar-refractivity contribution in [1.29, 1.82) is 0 Å². The number of aliphatic hydroxyl groups excluding tert-OH is 1. The van der Waals surface area contributed by atoms with Gasteiger partial charge in [0.05, 0.1) is 24.7 Å². The number of ether oxygens (including phenoxy) is 1. The van der Waals surface area contributed by atoms with Crippen molar-refractivity contribution in [2.75, 3.05) is 6.61 Å². The zero-order valence-corrected chi connectivity index (χ0v) is 11.6. The van der Waals surface area contributed by atoms with Gasteiger partial charge in [0, 0.05) is 4.47 Å². The number of carbonyl (C=O) groups excluding carboxylic acids is 1. The van der Waals surface area contributed by atoms with Crippen LogP contribution >= 0.6 is 15.9 Å². The predicted molar refractivity (Wildman–Crippen MR) is 65.4 cm³/mol. The van der Waals surface area contributed by atoms with Crippen LogP contribution in [0.3, 0.4) is 0 Å². The molecule has 0 aromatic heterocycles. The number of benzene rings is 1.